The second-order valence-corrected chi connectivity index (χ2v) is 13.9. The molecule has 0 radical (unpaired) electrons. The monoisotopic (exact) mass is 619 g/mol. The van der Waals surface area contributed by atoms with E-state index in [1.807, 2.05) is 61.5 Å². The third kappa shape index (κ3) is 3.98. The van der Waals surface area contributed by atoms with Crippen LogP contribution in [-0.2, 0) is 16.1 Å². The van der Waals surface area contributed by atoms with Crippen molar-refractivity contribution >= 4 is 29.1 Å². The van der Waals surface area contributed by atoms with Gasteiger partial charge in [-0.25, -0.2) is 14.1 Å². The second kappa shape index (κ2) is 10.0. The van der Waals surface area contributed by atoms with E-state index >= 15 is 0 Å². The van der Waals surface area contributed by atoms with E-state index in [-0.39, 0.29) is 29.2 Å². The Bertz CT molecular complexity index is 1870. The fourth-order valence-corrected chi connectivity index (χ4v) is 9.01. The fraction of sp³-hybridized carbons (Fsp3) is 0.351. The van der Waals surface area contributed by atoms with Gasteiger partial charge in [-0.05, 0) is 59.5 Å². The zero-order valence-electron chi connectivity index (χ0n) is 26.0. The van der Waals surface area contributed by atoms with Crippen molar-refractivity contribution in [2.75, 3.05) is 39.3 Å². The molecule has 234 valence electrons. The van der Waals surface area contributed by atoms with Gasteiger partial charge in [0.2, 0.25) is 5.91 Å². The number of piperazine rings is 3. The molecule has 9 nitrogen and oxygen atoms in total. The van der Waals surface area contributed by atoms with E-state index in [2.05, 4.69) is 6.07 Å². The highest BCUT2D eigenvalue weighted by Crippen LogP contribution is 2.51. The van der Waals surface area contributed by atoms with Crippen LogP contribution in [0.1, 0.15) is 51.3 Å². The van der Waals surface area contributed by atoms with Crippen molar-refractivity contribution in [2.45, 2.75) is 32.5 Å². The molecule has 5 aliphatic heterocycles. The van der Waals surface area contributed by atoms with Crippen molar-refractivity contribution in [1.82, 2.24) is 4.90 Å². The van der Waals surface area contributed by atoms with Gasteiger partial charge >= 0.3 is 11.9 Å². The summed E-state index contributed by atoms with van der Waals surface area (Å²) in [5, 5.41) is 20.3. The van der Waals surface area contributed by atoms with E-state index in [0.29, 0.717) is 26.7 Å². The first-order valence-corrected chi connectivity index (χ1v) is 16.2. The maximum absolute atomic E-state index is 13.7. The van der Waals surface area contributed by atoms with Crippen molar-refractivity contribution in [3.05, 3.63) is 100 Å². The third-order valence-electron chi connectivity index (χ3n) is 11.5. The molecule has 2 bridgehead atoms. The van der Waals surface area contributed by atoms with Crippen molar-refractivity contribution < 1.29 is 38.4 Å². The van der Waals surface area contributed by atoms with Crippen LogP contribution in [-0.4, -0.2) is 99.1 Å². The minimum atomic E-state index is -1.19. The summed E-state index contributed by atoms with van der Waals surface area (Å²) < 4.78 is 1.47. The molecule has 3 aromatic carbocycles. The highest BCUT2D eigenvalue weighted by Gasteiger charge is 2.60. The van der Waals surface area contributed by atoms with Crippen LogP contribution < -0.4 is 0 Å². The summed E-state index contributed by atoms with van der Waals surface area (Å²) in [4.78, 5) is 53.7. The number of carbonyl (C=O) groups is 4. The van der Waals surface area contributed by atoms with Crippen molar-refractivity contribution in [1.29, 1.82) is 0 Å². The van der Waals surface area contributed by atoms with Crippen LogP contribution in [0.5, 0.6) is 0 Å². The Kier molecular flexibility index (Phi) is 6.32. The average molecular weight is 620 g/mol. The molecule has 2 N–H and O–H groups in total. The lowest BCUT2D eigenvalue weighted by molar-refractivity contribution is -1.06. The topological polar surface area (TPSA) is 112 Å². The number of aliphatic carboxylic acids is 1. The molecule has 9 rings (SSSR count). The predicted octanol–water partition coefficient (Wildman–Crippen LogP) is 3.55. The highest BCUT2D eigenvalue weighted by atomic mass is 16.4. The van der Waals surface area contributed by atoms with Crippen molar-refractivity contribution in [3.63, 3.8) is 0 Å². The quantitative estimate of drug-likeness (QED) is 0.252. The van der Waals surface area contributed by atoms with Crippen LogP contribution in [0.15, 0.2) is 72.4 Å². The first-order chi connectivity index (χ1) is 22.0. The maximum Gasteiger partial charge on any atom is 0.352 e. The van der Waals surface area contributed by atoms with E-state index in [1.165, 1.54) is 4.90 Å². The fourth-order valence-electron chi connectivity index (χ4n) is 9.01. The first-order valence-electron chi connectivity index (χ1n) is 16.2. The zero-order chi connectivity index (χ0) is 32.1. The predicted molar refractivity (Wildman–Crippen MR) is 169 cm³/mol. The molecule has 2 amide bonds. The Morgan fingerprint density at radius 2 is 1.54 bits per heavy atom. The Labute approximate surface area is 267 Å². The average Bonchev–Trinajstić information content (AvgIpc) is 3.49. The standard InChI is InChI=1S/C37H36N3O6/c1-21-30(33(37(45)46)38-32(21)31(22(2)41)35(38)43)25-9-11-26-28-18-23(8-10-27(28)34(42)29(26)19-25)20-39-12-15-40(16-13-39,17-14-39)36(44)24-6-4-3-5-7-24/h3-11,18-19,21-22,31-32,41H,12-17,20H2,1-2H3/q+1/p+1/t21-,22+,31+,32+,39?,40?/m0/s1. The molecule has 1 aliphatic carbocycles. The lowest BCUT2D eigenvalue weighted by Crippen LogP contribution is -2.76. The number of aliphatic hydroxyl groups excluding tert-OH is 1. The van der Waals surface area contributed by atoms with Gasteiger partial charge in [0.25, 0.3) is 0 Å². The SMILES string of the molecule is C[C@@H](O)[C@H]1C(=O)N2C(C(=O)O)=C(c3ccc4c(c3)C(=O)c3ccc(C[N+]56CC[N+](C(=O)c7ccccc7)(CC5)CC6)cc3-4)[C@H](C)[C@H]12. The molecule has 4 atom stereocenters. The van der Waals surface area contributed by atoms with Gasteiger partial charge in [0, 0.05) is 22.6 Å². The summed E-state index contributed by atoms with van der Waals surface area (Å²) in [6, 6.07) is 20.8. The van der Waals surface area contributed by atoms with Crippen LogP contribution >= 0.6 is 0 Å². The van der Waals surface area contributed by atoms with E-state index in [0.717, 1.165) is 72.6 Å². The van der Waals surface area contributed by atoms with Gasteiger partial charge in [0.05, 0.1) is 23.6 Å². The molecule has 3 aromatic rings. The largest absolute Gasteiger partial charge is 0.477 e. The van der Waals surface area contributed by atoms with Gasteiger partial charge < -0.3 is 19.6 Å². The number of nitrogens with zero attached hydrogens (tertiary/aromatic N) is 3. The van der Waals surface area contributed by atoms with Gasteiger partial charge in [0.15, 0.2) is 5.78 Å². The Morgan fingerprint density at radius 1 is 0.870 bits per heavy atom. The summed E-state index contributed by atoms with van der Waals surface area (Å²) in [7, 11) is 0. The second-order valence-electron chi connectivity index (χ2n) is 13.9. The van der Waals surface area contributed by atoms with Crippen molar-refractivity contribution in [2.24, 2.45) is 11.8 Å². The summed E-state index contributed by atoms with van der Waals surface area (Å²) in [5.41, 5.74) is 5.91. The van der Waals surface area contributed by atoms with Crippen LogP contribution in [0.4, 0.5) is 0 Å². The first kappa shape index (κ1) is 29.0. The van der Waals surface area contributed by atoms with Gasteiger partial charge in [-0.2, -0.15) is 0 Å². The number of carbonyl (C=O) groups excluding carboxylic acids is 3. The Morgan fingerprint density at radius 3 is 2.20 bits per heavy atom. The minimum Gasteiger partial charge on any atom is -0.477 e. The number of quaternary nitrogens is 2. The molecule has 46 heavy (non-hydrogen) atoms. The van der Waals surface area contributed by atoms with Gasteiger partial charge in [-0.3, -0.25) is 9.59 Å². The number of hydrogen-bond acceptors (Lipinski definition) is 5. The van der Waals surface area contributed by atoms with E-state index in [9.17, 15) is 29.4 Å². The number of benzene rings is 3. The normalized spacial score (nSPS) is 29.7. The van der Waals surface area contributed by atoms with Gasteiger partial charge in [0.1, 0.15) is 51.5 Å². The van der Waals surface area contributed by atoms with E-state index in [4.69, 9.17) is 0 Å². The minimum absolute atomic E-state index is 0.0605. The number of β-lactam (4-membered cyclic amide) rings is 1. The van der Waals surface area contributed by atoms with Gasteiger partial charge in [-0.15, -0.1) is 0 Å². The van der Waals surface area contributed by atoms with E-state index in [1.54, 1.807) is 13.0 Å². The summed E-state index contributed by atoms with van der Waals surface area (Å²) in [6.07, 6.45) is -0.880. The lowest BCUT2D eigenvalue weighted by Gasteiger charge is -2.54. The van der Waals surface area contributed by atoms with Crippen molar-refractivity contribution in [3.8, 4) is 11.1 Å². The number of carboxylic acids is 1. The number of carboxylic acid groups (broad SMARTS) is 1. The molecule has 4 fully saturated rings. The molecule has 4 saturated heterocycles. The number of ketones is 1. The van der Waals surface area contributed by atoms with Crippen LogP contribution in [0.2, 0.25) is 0 Å². The molecule has 0 unspecified atom stereocenters. The molecule has 6 aliphatic rings. The van der Waals surface area contributed by atoms with E-state index < -0.39 is 24.0 Å². The van der Waals surface area contributed by atoms with Crippen LogP contribution in [0, 0.1) is 11.8 Å². The number of amides is 2. The molecule has 0 saturated carbocycles. The third-order valence-corrected chi connectivity index (χ3v) is 11.5. The summed E-state index contributed by atoms with van der Waals surface area (Å²) in [5.74, 6) is -2.39. The molecular weight excluding hydrogens is 582 g/mol. The summed E-state index contributed by atoms with van der Waals surface area (Å²) >= 11 is 0. The van der Waals surface area contributed by atoms with Crippen LogP contribution in [0.3, 0.4) is 0 Å². The lowest BCUT2D eigenvalue weighted by atomic mass is 9.76. The summed E-state index contributed by atoms with van der Waals surface area (Å²) in [6.45, 7) is 9.58. The smallest absolute Gasteiger partial charge is 0.352 e. The Hall–Kier alpha value is -4.44. The number of hydrogen-bond donors (Lipinski definition) is 2. The molecule has 0 aromatic heterocycles. The zero-order valence-corrected chi connectivity index (χ0v) is 26.0. The highest BCUT2D eigenvalue weighted by molar-refractivity contribution is 6.22. The van der Waals surface area contributed by atoms with Gasteiger partial charge in [-0.1, -0.05) is 43.3 Å². The number of fused-ring (bicyclic) bond motifs is 7. The molecule has 5 heterocycles. The maximum atomic E-state index is 13.7. The molecule has 9 heteroatoms. The Balaban J connectivity index is 1.06. The number of rotatable bonds is 6. The molecule has 0 spiro atoms. The van der Waals surface area contributed by atoms with Crippen LogP contribution in [0.25, 0.3) is 16.7 Å². The molecular formula is C37H37N3O6+2. The number of aliphatic hydroxyl groups is 1.